The van der Waals surface area contributed by atoms with Crippen molar-refractivity contribution in [2.24, 2.45) is 5.92 Å². The van der Waals surface area contributed by atoms with Crippen molar-refractivity contribution in [2.75, 3.05) is 26.8 Å². The van der Waals surface area contributed by atoms with Gasteiger partial charge in [-0.25, -0.2) is 0 Å². The number of carbonyl (C=O) groups is 1. The van der Waals surface area contributed by atoms with Gasteiger partial charge in [-0.1, -0.05) is 24.3 Å². The number of likely N-dealkylation sites (N-methyl/N-ethyl adjacent to an activating group) is 1. The van der Waals surface area contributed by atoms with Gasteiger partial charge in [-0.2, -0.15) is 0 Å². The lowest BCUT2D eigenvalue weighted by Gasteiger charge is -2.30. The molecule has 1 amide bonds. The predicted octanol–water partition coefficient (Wildman–Crippen LogP) is 1.89. The maximum absolute atomic E-state index is 12.9. The van der Waals surface area contributed by atoms with E-state index < -0.39 is 0 Å². The maximum Gasteiger partial charge on any atom is 0.230 e. The number of aryl methyl sites for hydroxylation is 1. The quantitative estimate of drug-likeness (QED) is 0.923. The Labute approximate surface area is 126 Å². The molecule has 0 spiro atoms. The minimum atomic E-state index is -0.0420. The van der Waals surface area contributed by atoms with Crippen LogP contribution in [0.4, 0.5) is 0 Å². The lowest BCUT2D eigenvalue weighted by molar-refractivity contribution is -0.137. The second-order valence-corrected chi connectivity index (χ2v) is 6.09. The van der Waals surface area contributed by atoms with Crippen LogP contribution in [0.3, 0.4) is 0 Å². The van der Waals surface area contributed by atoms with Crippen LogP contribution in [0.1, 0.15) is 30.0 Å². The zero-order valence-corrected chi connectivity index (χ0v) is 12.8. The van der Waals surface area contributed by atoms with Gasteiger partial charge in [-0.3, -0.25) is 4.79 Å². The Balaban J connectivity index is 1.81. The van der Waals surface area contributed by atoms with Crippen molar-refractivity contribution in [3.8, 4) is 0 Å². The number of nitrogens with zero attached hydrogens (tertiary/aromatic N) is 1. The number of likely N-dealkylation sites (tertiary alicyclic amines) is 1. The van der Waals surface area contributed by atoms with Crippen molar-refractivity contribution in [3.63, 3.8) is 0 Å². The molecule has 0 aliphatic carbocycles. The highest BCUT2D eigenvalue weighted by Crippen LogP contribution is 2.35. The molecule has 3 unspecified atom stereocenters. The van der Waals surface area contributed by atoms with E-state index in [1.54, 1.807) is 0 Å². The highest BCUT2D eigenvalue weighted by atomic mass is 16.5. The van der Waals surface area contributed by atoms with Crippen LogP contribution in [-0.4, -0.2) is 43.7 Å². The van der Waals surface area contributed by atoms with Crippen molar-refractivity contribution >= 4 is 5.91 Å². The summed E-state index contributed by atoms with van der Waals surface area (Å²) >= 11 is 0. The maximum atomic E-state index is 12.9. The van der Waals surface area contributed by atoms with Crippen LogP contribution in [0, 0.1) is 12.8 Å². The van der Waals surface area contributed by atoms with E-state index in [2.05, 4.69) is 41.4 Å². The number of ether oxygens (including phenoxy) is 1. The number of rotatable bonds is 3. The van der Waals surface area contributed by atoms with Gasteiger partial charge < -0.3 is 15.0 Å². The van der Waals surface area contributed by atoms with E-state index in [-0.39, 0.29) is 23.9 Å². The van der Waals surface area contributed by atoms with Gasteiger partial charge in [-0.15, -0.1) is 0 Å². The molecule has 3 atom stereocenters. The minimum absolute atomic E-state index is 0.0420. The number of carbonyl (C=O) groups excluding carboxylic acids is 1. The van der Waals surface area contributed by atoms with Crippen molar-refractivity contribution < 1.29 is 9.53 Å². The Hall–Kier alpha value is -1.39. The van der Waals surface area contributed by atoms with Crippen molar-refractivity contribution in [1.29, 1.82) is 0 Å². The zero-order chi connectivity index (χ0) is 14.8. The largest absolute Gasteiger partial charge is 0.379 e. The Morgan fingerprint density at radius 3 is 2.90 bits per heavy atom. The summed E-state index contributed by atoms with van der Waals surface area (Å²) in [7, 11) is 1.91. The van der Waals surface area contributed by atoms with Crippen LogP contribution in [-0.2, 0) is 9.53 Å². The Kier molecular flexibility index (Phi) is 4.27. The van der Waals surface area contributed by atoms with E-state index >= 15 is 0 Å². The SMILES string of the molecule is CNC1COCC1C(=O)N1CCCC1c1ccccc1C. The van der Waals surface area contributed by atoms with E-state index in [1.807, 2.05) is 7.05 Å². The third-order valence-corrected chi connectivity index (χ3v) is 4.85. The smallest absolute Gasteiger partial charge is 0.230 e. The molecule has 4 heteroatoms. The van der Waals surface area contributed by atoms with E-state index in [0.29, 0.717) is 13.2 Å². The molecule has 2 heterocycles. The molecule has 0 saturated carbocycles. The molecule has 114 valence electrons. The average Bonchev–Trinajstić information content (AvgIpc) is 3.16. The molecule has 2 saturated heterocycles. The number of hydrogen-bond acceptors (Lipinski definition) is 3. The van der Waals surface area contributed by atoms with Gasteiger partial charge in [0.05, 0.1) is 25.2 Å². The fourth-order valence-electron chi connectivity index (χ4n) is 3.61. The van der Waals surface area contributed by atoms with Crippen molar-refractivity contribution in [1.82, 2.24) is 10.2 Å². The van der Waals surface area contributed by atoms with Crippen LogP contribution in [0.2, 0.25) is 0 Å². The molecular formula is C17H24N2O2. The summed E-state index contributed by atoms with van der Waals surface area (Å²) in [5.74, 6) is 0.206. The van der Waals surface area contributed by atoms with Crippen molar-refractivity contribution in [2.45, 2.75) is 31.8 Å². The molecule has 0 bridgehead atoms. The Morgan fingerprint density at radius 1 is 1.33 bits per heavy atom. The monoisotopic (exact) mass is 288 g/mol. The van der Waals surface area contributed by atoms with Crippen LogP contribution in [0.25, 0.3) is 0 Å². The fourth-order valence-corrected chi connectivity index (χ4v) is 3.61. The molecule has 21 heavy (non-hydrogen) atoms. The van der Waals surface area contributed by atoms with Gasteiger partial charge in [0.15, 0.2) is 0 Å². The summed E-state index contributed by atoms with van der Waals surface area (Å²) in [6.45, 7) is 4.17. The Bertz CT molecular complexity index is 517. The first kappa shape index (κ1) is 14.5. The molecule has 0 radical (unpaired) electrons. The van der Waals surface area contributed by atoms with Crippen LogP contribution in [0.15, 0.2) is 24.3 Å². The zero-order valence-electron chi connectivity index (χ0n) is 12.8. The Morgan fingerprint density at radius 2 is 2.14 bits per heavy atom. The molecule has 1 aromatic carbocycles. The molecule has 2 aliphatic rings. The number of benzene rings is 1. The molecular weight excluding hydrogens is 264 g/mol. The van der Waals surface area contributed by atoms with E-state index in [4.69, 9.17) is 4.74 Å². The molecule has 1 N–H and O–H groups in total. The molecule has 1 aromatic rings. The highest BCUT2D eigenvalue weighted by molar-refractivity contribution is 5.81. The summed E-state index contributed by atoms with van der Waals surface area (Å²) in [5, 5.41) is 3.21. The highest BCUT2D eigenvalue weighted by Gasteiger charge is 2.40. The second-order valence-electron chi connectivity index (χ2n) is 6.09. The molecule has 4 nitrogen and oxygen atoms in total. The lowest BCUT2D eigenvalue weighted by Crippen LogP contribution is -2.44. The van der Waals surface area contributed by atoms with E-state index in [9.17, 15) is 4.79 Å². The summed E-state index contributed by atoms with van der Waals surface area (Å²) < 4.78 is 5.50. The number of amides is 1. The average molecular weight is 288 g/mol. The second kappa shape index (κ2) is 6.16. The third-order valence-electron chi connectivity index (χ3n) is 4.85. The van der Waals surface area contributed by atoms with Gasteiger partial charge in [-0.05, 0) is 37.9 Å². The number of hydrogen-bond donors (Lipinski definition) is 1. The topological polar surface area (TPSA) is 41.6 Å². The van der Waals surface area contributed by atoms with Gasteiger partial charge >= 0.3 is 0 Å². The normalized spacial score (nSPS) is 29.0. The van der Waals surface area contributed by atoms with E-state index in [1.165, 1.54) is 11.1 Å². The van der Waals surface area contributed by atoms with Crippen LogP contribution >= 0.6 is 0 Å². The summed E-state index contributed by atoms with van der Waals surface area (Å²) in [6, 6.07) is 8.80. The third kappa shape index (κ3) is 2.70. The minimum Gasteiger partial charge on any atom is -0.379 e. The van der Waals surface area contributed by atoms with Gasteiger partial charge in [0.25, 0.3) is 0 Å². The number of nitrogens with one attached hydrogen (secondary N) is 1. The van der Waals surface area contributed by atoms with E-state index in [0.717, 1.165) is 19.4 Å². The molecule has 2 fully saturated rings. The first-order valence-corrected chi connectivity index (χ1v) is 7.83. The lowest BCUT2D eigenvalue weighted by atomic mass is 9.97. The molecule has 2 aliphatic heterocycles. The molecule has 3 rings (SSSR count). The first-order chi connectivity index (χ1) is 10.2. The summed E-state index contributed by atoms with van der Waals surface area (Å²) in [6.07, 6.45) is 2.15. The molecule has 0 aromatic heterocycles. The fraction of sp³-hybridized carbons (Fsp3) is 0.588. The summed E-state index contributed by atoms with van der Waals surface area (Å²) in [5.41, 5.74) is 2.57. The van der Waals surface area contributed by atoms with Gasteiger partial charge in [0, 0.05) is 12.6 Å². The van der Waals surface area contributed by atoms with Crippen molar-refractivity contribution in [3.05, 3.63) is 35.4 Å². The standard InChI is InChI=1S/C17H24N2O2/c1-12-6-3-4-7-13(12)16-8-5-9-19(16)17(20)14-10-21-11-15(14)18-2/h3-4,6-7,14-16,18H,5,8-11H2,1-2H3. The van der Waals surface area contributed by atoms with Crippen LogP contribution in [0.5, 0.6) is 0 Å². The first-order valence-electron chi connectivity index (χ1n) is 7.83. The predicted molar refractivity (Wildman–Crippen MR) is 82.0 cm³/mol. The summed E-state index contributed by atoms with van der Waals surface area (Å²) in [4.78, 5) is 15.0. The van der Waals surface area contributed by atoms with Gasteiger partial charge in [0.1, 0.15) is 0 Å². The van der Waals surface area contributed by atoms with Gasteiger partial charge in [0.2, 0.25) is 5.91 Å². The van der Waals surface area contributed by atoms with Crippen LogP contribution < -0.4 is 5.32 Å².